The summed E-state index contributed by atoms with van der Waals surface area (Å²) in [6.07, 6.45) is 3.73. The van der Waals surface area contributed by atoms with E-state index in [4.69, 9.17) is 0 Å². The van der Waals surface area contributed by atoms with Crippen molar-refractivity contribution in [1.29, 1.82) is 0 Å². The molecule has 0 saturated carbocycles. The molecule has 1 fully saturated rings. The molecule has 0 aliphatic carbocycles. The van der Waals surface area contributed by atoms with Gasteiger partial charge in [-0.15, -0.1) is 0 Å². The Kier molecular flexibility index (Phi) is 7.66. The molecule has 1 atom stereocenters. The fraction of sp³-hybridized carbons (Fsp3) is 0.280. The standard InChI is InChI=1S/C25H27FN4O3S/c26-22-10-4-5-11-24(22)34(32,33)28-23(17-20-7-2-1-3-8-20)25(31)30-15-13-29(14-16-30)19-21-9-6-12-27-18-21/h1-12,18,23,28H,13-17,19H2/t23-/m0/s1. The highest BCUT2D eigenvalue weighted by Gasteiger charge is 2.32. The van der Waals surface area contributed by atoms with Crippen LogP contribution in [0.2, 0.25) is 0 Å². The van der Waals surface area contributed by atoms with Crippen LogP contribution in [0, 0.1) is 5.82 Å². The number of hydrogen-bond acceptors (Lipinski definition) is 5. The average Bonchev–Trinajstić information content (AvgIpc) is 2.85. The van der Waals surface area contributed by atoms with Gasteiger partial charge in [0, 0.05) is 45.1 Å². The van der Waals surface area contributed by atoms with E-state index < -0.39 is 26.8 Å². The highest BCUT2D eigenvalue weighted by atomic mass is 32.2. The predicted molar refractivity (Wildman–Crippen MR) is 127 cm³/mol. The molecule has 0 spiro atoms. The van der Waals surface area contributed by atoms with E-state index in [0.717, 1.165) is 23.7 Å². The van der Waals surface area contributed by atoms with Crippen LogP contribution in [0.1, 0.15) is 11.1 Å². The van der Waals surface area contributed by atoms with Crippen molar-refractivity contribution in [3.63, 3.8) is 0 Å². The lowest BCUT2D eigenvalue weighted by atomic mass is 10.1. The Bertz CT molecular complexity index is 1200. The number of nitrogens with zero attached hydrogens (tertiary/aromatic N) is 3. The van der Waals surface area contributed by atoms with Crippen molar-refractivity contribution in [1.82, 2.24) is 19.5 Å². The van der Waals surface area contributed by atoms with Gasteiger partial charge in [0.05, 0.1) is 0 Å². The highest BCUT2D eigenvalue weighted by Crippen LogP contribution is 2.17. The summed E-state index contributed by atoms with van der Waals surface area (Å²) >= 11 is 0. The summed E-state index contributed by atoms with van der Waals surface area (Å²) in [6, 6.07) is 17.2. The van der Waals surface area contributed by atoms with Crippen LogP contribution in [-0.2, 0) is 27.8 Å². The zero-order valence-electron chi connectivity index (χ0n) is 18.7. The van der Waals surface area contributed by atoms with Gasteiger partial charge in [-0.05, 0) is 35.7 Å². The average molecular weight is 483 g/mol. The van der Waals surface area contributed by atoms with Crippen molar-refractivity contribution >= 4 is 15.9 Å². The number of nitrogens with one attached hydrogen (secondary N) is 1. The molecule has 1 aliphatic heterocycles. The van der Waals surface area contributed by atoms with E-state index >= 15 is 0 Å². The van der Waals surface area contributed by atoms with Crippen molar-refractivity contribution in [3.05, 3.63) is 96.1 Å². The summed E-state index contributed by atoms with van der Waals surface area (Å²) in [5, 5.41) is 0. The molecule has 0 unspecified atom stereocenters. The van der Waals surface area contributed by atoms with Gasteiger partial charge in [0.2, 0.25) is 15.9 Å². The van der Waals surface area contributed by atoms with E-state index in [9.17, 15) is 17.6 Å². The first-order valence-corrected chi connectivity index (χ1v) is 12.6. The number of hydrogen-bond donors (Lipinski definition) is 1. The topological polar surface area (TPSA) is 82.6 Å². The molecule has 9 heteroatoms. The fourth-order valence-electron chi connectivity index (χ4n) is 4.04. The first kappa shape index (κ1) is 24.0. The van der Waals surface area contributed by atoms with E-state index in [0.29, 0.717) is 26.2 Å². The number of benzene rings is 2. The first-order chi connectivity index (χ1) is 16.4. The SMILES string of the molecule is O=C([C@H](Cc1ccccc1)NS(=O)(=O)c1ccccc1F)N1CCN(Cc2cccnc2)CC1. The molecular formula is C25H27FN4O3S. The summed E-state index contributed by atoms with van der Waals surface area (Å²) in [5.41, 5.74) is 1.91. The maximum absolute atomic E-state index is 14.2. The van der Waals surface area contributed by atoms with Gasteiger partial charge < -0.3 is 4.90 Å². The lowest BCUT2D eigenvalue weighted by Crippen LogP contribution is -2.55. The van der Waals surface area contributed by atoms with Crippen molar-refractivity contribution < 1.29 is 17.6 Å². The normalized spacial score (nSPS) is 15.7. The van der Waals surface area contributed by atoms with Crippen LogP contribution in [0.5, 0.6) is 0 Å². The molecular weight excluding hydrogens is 455 g/mol. The summed E-state index contributed by atoms with van der Waals surface area (Å²) in [4.78, 5) is 21.0. The van der Waals surface area contributed by atoms with Crippen molar-refractivity contribution in [3.8, 4) is 0 Å². The third-order valence-corrected chi connectivity index (χ3v) is 7.32. The molecule has 178 valence electrons. The number of amides is 1. The van der Waals surface area contributed by atoms with Crippen LogP contribution < -0.4 is 4.72 Å². The Balaban J connectivity index is 1.47. The van der Waals surface area contributed by atoms with Gasteiger partial charge in [0.15, 0.2) is 0 Å². The Labute approximate surface area is 199 Å². The van der Waals surface area contributed by atoms with Gasteiger partial charge in [-0.3, -0.25) is 14.7 Å². The Morgan fingerprint density at radius 3 is 2.29 bits per heavy atom. The lowest BCUT2D eigenvalue weighted by Gasteiger charge is -2.36. The third-order valence-electron chi connectivity index (χ3n) is 5.82. The Morgan fingerprint density at radius 1 is 0.941 bits per heavy atom. The van der Waals surface area contributed by atoms with Crippen LogP contribution in [-0.4, -0.2) is 61.3 Å². The molecule has 2 heterocycles. The van der Waals surface area contributed by atoms with Crippen LogP contribution in [0.4, 0.5) is 4.39 Å². The van der Waals surface area contributed by atoms with Gasteiger partial charge in [-0.2, -0.15) is 4.72 Å². The first-order valence-electron chi connectivity index (χ1n) is 11.1. The predicted octanol–water partition coefficient (Wildman–Crippen LogP) is 2.45. The second-order valence-corrected chi connectivity index (χ2v) is 9.94. The molecule has 1 amide bonds. The second-order valence-electron chi connectivity index (χ2n) is 8.26. The zero-order chi connectivity index (χ0) is 24.0. The fourth-order valence-corrected chi connectivity index (χ4v) is 5.31. The summed E-state index contributed by atoms with van der Waals surface area (Å²) < 4.78 is 42.6. The number of pyridine rings is 1. The summed E-state index contributed by atoms with van der Waals surface area (Å²) in [5.74, 6) is -1.17. The molecule has 7 nitrogen and oxygen atoms in total. The van der Waals surface area contributed by atoms with E-state index in [1.165, 1.54) is 18.2 Å². The Hall–Kier alpha value is -3.14. The summed E-state index contributed by atoms with van der Waals surface area (Å²) in [6.45, 7) is 3.03. The minimum absolute atomic E-state index is 0.170. The number of carbonyl (C=O) groups is 1. The molecule has 1 aliphatic rings. The lowest BCUT2D eigenvalue weighted by molar-refractivity contribution is -0.134. The molecule has 34 heavy (non-hydrogen) atoms. The molecule has 4 rings (SSSR count). The van der Waals surface area contributed by atoms with Gasteiger partial charge >= 0.3 is 0 Å². The number of carbonyl (C=O) groups excluding carboxylic acids is 1. The van der Waals surface area contributed by atoms with Crippen molar-refractivity contribution in [2.24, 2.45) is 0 Å². The minimum Gasteiger partial charge on any atom is -0.339 e. The molecule has 1 saturated heterocycles. The monoisotopic (exact) mass is 482 g/mol. The van der Waals surface area contributed by atoms with Crippen molar-refractivity contribution in [2.75, 3.05) is 26.2 Å². The van der Waals surface area contributed by atoms with Crippen LogP contribution in [0.25, 0.3) is 0 Å². The molecule has 0 radical (unpaired) electrons. The smallest absolute Gasteiger partial charge is 0.244 e. The van der Waals surface area contributed by atoms with Crippen molar-refractivity contribution in [2.45, 2.75) is 23.9 Å². The molecule has 2 aromatic carbocycles. The summed E-state index contributed by atoms with van der Waals surface area (Å²) in [7, 11) is -4.24. The van der Waals surface area contributed by atoms with Crippen LogP contribution >= 0.6 is 0 Å². The maximum Gasteiger partial charge on any atom is 0.244 e. The van der Waals surface area contributed by atoms with E-state index in [1.54, 1.807) is 11.1 Å². The van der Waals surface area contributed by atoms with Gasteiger partial charge in [0.25, 0.3) is 0 Å². The third kappa shape index (κ3) is 6.05. The number of halogens is 1. The van der Waals surface area contributed by atoms with Crippen LogP contribution in [0.3, 0.4) is 0 Å². The zero-order valence-corrected chi connectivity index (χ0v) is 19.5. The molecule has 3 aromatic rings. The highest BCUT2D eigenvalue weighted by molar-refractivity contribution is 7.89. The van der Waals surface area contributed by atoms with E-state index in [-0.39, 0.29) is 12.3 Å². The number of sulfonamides is 1. The quantitative estimate of drug-likeness (QED) is 0.533. The molecule has 1 aromatic heterocycles. The number of aromatic nitrogens is 1. The van der Waals surface area contributed by atoms with Gasteiger partial charge in [0.1, 0.15) is 16.8 Å². The number of piperazine rings is 1. The molecule has 1 N–H and O–H groups in total. The Morgan fingerprint density at radius 2 is 1.62 bits per heavy atom. The van der Waals surface area contributed by atoms with Crippen LogP contribution in [0.15, 0.2) is 84.0 Å². The minimum atomic E-state index is -4.24. The van der Waals surface area contributed by atoms with Gasteiger partial charge in [-0.25, -0.2) is 12.8 Å². The maximum atomic E-state index is 14.2. The number of rotatable bonds is 8. The van der Waals surface area contributed by atoms with Gasteiger partial charge in [-0.1, -0.05) is 48.5 Å². The van der Waals surface area contributed by atoms with E-state index in [1.807, 2.05) is 48.7 Å². The second kappa shape index (κ2) is 10.9. The largest absolute Gasteiger partial charge is 0.339 e. The molecule has 0 bridgehead atoms. The van der Waals surface area contributed by atoms with E-state index in [2.05, 4.69) is 14.6 Å².